The first-order valence-electron chi connectivity index (χ1n) is 7.37. The van der Waals surface area contributed by atoms with Gasteiger partial charge in [0.1, 0.15) is 5.76 Å². The molecule has 1 aromatic heterocycles. The highest BCUT2D eigenvalue weighted by Crippen LogP contribution is 2.18. The summed E-state index contributed by atoms with van der Waals surface area (Å²) in [4.78, 5) is 0. The Labute approximate surface area is 121 Å². The Morgan fingerprint density at radius 2 is 1.80 bits per heavy atom. The van der Waals surface area contributed by atoms with Gasteiger partial charge in [-0.1, -0.05) is 32.1 Å². The molecule has 0 spiro atoms. The van der Waals surface area contributed by atoms with Crippen molar-refractivity contribution in [1.82, 2.24) is 10.0 Å². The Morgan fingerprint density at radius 1 is 1.15 bits per heavy atom. The van der Waals surface area contributed by atoms with Crippen molar-refractivity contribution in [2.75, 3.05) is 7.05 Å². The summed E-state index contributed by atoms with van der Waals surface area (Å²) in [6.07, 6.45) is 8.94. The SMILES string of the molecule is CNS(=O)(=O)c1ccc(CNC2CCCCCCC2)o1. The molecule has 20 heavy (non-hydrogen) atoms. The van der Waals surface area contributed by atoms with E-state index in [0.717, 1.165) is 0 Å². The summed E-state index contributed by atoms with van der Waals surface area (Å²) >= 11 is 0. The van der Waals surface area contributed by atoms with E-state index in [0.29, 0.717) is 18.3 Å². The minimum atomic E-state index is -3.48. The first kappa shape index (κ1) is 15.5. The first-order valence-corrected chi connectivity index (χ1v) is 8.86. The summed E-state index contributed by atoms with van der Waals surface area (Å²) in [6, 6.07) is 3.74. The summed E-state index contributed by atoms with van der Waals surface area (Å²) < 4.78 is 30.8. The van der Waals surface area contributed by atoms with E-state index in [1.165, 1.54) is 58.1 Å². The van der Waals surface area contributed by atoms with E-state index < -0.39 is 10.0 Å². The van der Waals surface area contributed by atoms with Crippen LogP contribution < -0.4 is 10.0 Å². The number of furan rings is 1. The van der Waals surface area contributed by atoms with Crippen molar-refractivity contribution in [3.05, 3.63) is 17.9 Å². The minimum absolute atomic E-state index is 0.0190. The fourth-order valence-electron chi connectivity index (χ4n) is 2.60. The summed E-state index contributed by atoms with van der Waals surface area (Å²) in [5, 5.41) is 3.46. The van der Waals surface area contributed by atoms with Gasteiger partial charge in [-0.25, -0.2) is 13.1 Å². The fourth-order valence-corrected chi connectivity index (χ4v) is 3.27. The van der Waals surface area contributed by atoms with Gasteiger partial charge in [0.25, 0.3) is 10.0 Å². The van der Waals surface area contributed by atoms with Gasteiger partial charge < -0.3 is 9.73 Å². The molecule has 5 nitrogen and oxygen atoms in total. The maximum Gasteiger partial charge on any atom is 0.273 e. The molecule has 114 valence electrons. The van der Waals surface area contributed by atoms with Gasteiger partial charge in [-0.05, 0) is 32.0 Å². The zero-order valence-corrected chi connectivity index (χ0v) is 12.8. The van der Waals surface area contributed by atoms with E-state index in [-0.39, 0.29) is 5.09 Å². The lowest BCUT2D eigenvalue weighted by Crippen LogP contribution is -2.29. The molecule has 0 saturated heterocycles. The smallest absolute Gasteiger partial charge is 0.273 e. The maximum atomic E-state index is 11.6. The Balaban J connectivity index is 1.87. The summed E-state index contributed by atoms with van der Waals surface area (Å²) in [5.41, 5.74) is 0. The molecule has 1 heterocycles. The molecule has 1 aliphatic carbocycles. The number of nitrogens with one attached hydrogen (secondary N) is 2. The highest BCUT2D eigenvalue weighted by atomic mass is 32.2. The van der Waals surface area contributed by atoms with Crippen molar-refractivity contribution in [2.24, 2.45) is 0 Å². The molecule has 0 bridgehead atoms. The molecule has 0 radical (unpaired) electrons. The predicted octanol–water partition coefficient (Wildman–Crippen LogP) is 2.39. The van der Waals surface area contributed by atoms with Gasteiger partial charge in [0.15, 0.2) is 0 Å². The van der Waals surface area contributed by atoms with E-state index in [4.69, 9.17) is 4.42 Å². The van der Waals surface area contributed by atoms with Crippen LogP contribution in [0.25, 0.3) is 0 Å². The van der Waals surface area contributed by atoms with E-state index in [1.54, 1.807) is 6.07 Å². The Kier molecular flexibility index (Phi) is 5.63. The molecule has 1 aliphatic rings. The molecule has 2 N–H and O–H groups in total. The summed E-state index contributed by atoms with van der Waals surface area (Å²) in [6.45, 7) is 0.587. The normalized spacial score (nSPS) is 18.6. The lowest BCUT2D eigenvalue weighted by molar-refractivity contribution is 0.354. The van der Waals surface area contributed by atoms with Crippen LogP contribution >= 0.6 is 0 Å². The summed E-state index contributed by atoms with van der Waals surface area (Å²) in [5.74, 6) is 0.667. The zero-order valence-electron chi connectivity index (χ0n) is 12.0. The predicted molar refractivity (Wildman–Crippen MR) is 77.9 cm³/mol. The van der Waals surface area contributed by atoms with Crippen molar-refractivity contribution >= 4 is 10.0 Å². The Bertz CT molecular complexity index is 502. The molecule has 0 amide bonds. The average molecular weight is 300 g/mol. The highest BCUT2D eigenvalue weighted by molar-refractivity contribution is 7.89. The van der Waals surface area contributed by atoms with Crippen LogP contribution in [0.5, 0.6) is 0 Å². The van der Waals surface area contributed by atoms with Crippen LogP contribution in [-0.2, 0) is 16.6 Å². The highest BCUT2D eigenvalue weighted by Gasteiger charge is 2.17. The molecule has 2 rings (SSSR count). The summed E-state index contributed by atoms with van der Waals surface area (Å²) in [7, 11) is -2.10. The molecule has 1 fully saturated rings. The van der Waals surface area contributed by atoms with Gasteiger partial charge in [-0.2, -0.15) is 0 Å². The second-order valence-corrected chi connectivity index (χ2v) is 7.17. The van der Waals surface area contributed by atoms with Crippen molar-refractivity contribution in [1.29, 1.82) is 0 Å². The molecule has 1 aromatic rings. The number of rotatable bonds is 5. The third kappa shape index (κ3) is 4.33. The van der Waals surface area contributed by atoms with Gasteiger partial charge in [0.05, 0.1) is 6.54 Å². The second kappa shape index (κ2) is 7.24. The number of hydrogen-bond acceptors (Lipinski definition) is 4. The maximum absolute atomic E-state index is 11.6. The molecule has 6 heteroatoms. The standard InChI is InChI=1S/C14H24N2O3S/c1-15-20(17,18)14-10-9-13(19-14)11-16-12-7-5-3-2-4-6-8-12/h9-10,12,15-16H,2-8,11H2,1H3. The van der Waals surface area contributed by atoms with Crippen molar-refractivity contribution in [2.45, 2.75) is 62.6 Å². The van der Waals surface area contributed by atoms with Crippen LogP contribution in [-0.4, -0.2) is 21.5 Å². The van der Waals surface area contributed by atoms with Crippen molar-refractivity contribution in [3.63, 3.8) is 0 Å². The lowest BCUT2D eigenvalue weighted by Gasteiger charge is -2.20. The molecular weight excluding hydrogens is 276 g/mol. The van der Waals surface area contributed by atoms with Crippen LogP contribution in [0.3, 0.4) is 0 Å². The van der Waals surface area contributed by atoms with Gasteiger partial charge in [-0.15, -0.1) is 0 Å². The quantitative estimate of drug-likeness (QED) is 0.876. The van der Waals surface area contributed by atoms with Crippen molar-refractivity contribution < 1.29 is 12.8 Å². The van der Waals surface area contributed by atoms with Gasteiger partial charge >= 0.3 is 0 Å². The van der Waals surface area contributed by atoms with E-state index in [1.807, 2.05) is 0 Å². The van der Waals surface area contributed by atoms with Gasteiger partial charge in [0.2, 0.25) is 5.09 Å². The van der Waals surface area contributed by atoms with E-state index in [2.05, 4.69) is 10.0 Å². The number of sulfonamides is 1. The molecule has 1 saturated carbocycles. The van der Waals surface area contributed by atoms with Crippen LogP contribution in [0.1, 0.15) is 50.7 Å². The molecule has 0 aromatic carbocycles. The number of hydrogen-bond donors (Lipinski definition) is 2. The second-order valence-electron chi connectivity index (χ2n) is 5.35. The lowest BCUT2D eigenvalue weighted by atomic mass is 9.97. The molecule has 0 aliphatic heterocycles. The zero-order chi connectivity index (χ0) is 14.4. The molecule has 0 atom stereocenters. The molecular formula is C14H24N2O3S. The fraction of sp³-hybridized carbons (Fsp3) is 0.714. The average Bonchev–Trinajstić information content (AvgIpc) is 2.87. The molecule has 0 unspecified atom stereocenters. The van der Waals surface area contributed by atoms with Crippen molar-refractivity contribution in [3.8, 4) is 0 Å². The van der Waals surface area contributed by atoms with Gasteiger partial charge in [-0.3, -0.25) is 0 Å². The van der Waals surface area contributed by atoms with Crippen LogP contribution in [0.15, 0.2) is 21.6 Å². The van der Waals surface area contributed by atoms with Crippen LogP contribution in [0, 0.1) is 0 Å². The largest absolute Gasteiger partial charge is 0.447 e. The Morgan fingerprint density at radius 3 is 2.45 bits per heavy atom. The van der Waals surface area contributed by atoms with Gasteiger partial charge in [0, 0.05) is 6.04 Å². The Hall–Kier alpha value is -0.850. The first-order chi connectivity index (χ1) is 9.62. The van der Waals surface area contributed by atoms with E-state index in [9.17, 15) is 8.42 Å². The third-order valence-corrected chi connectivity index (χ3v) is 5.13. The third-order valence-electron chi connectivity index (χ3n) is 3.84. The van der Waals surface area contributed by atoms with Crippen LogP contribution in [0.4, 0.5) is 0 Å². The van der Waals surface area contributed by atoms with Crippen LogP contribution in [0.2, 0.25) is 0 Å². The monoisotopic (exact) mass is 300 g/mol. The topological polar surface area (TPSA) is 71.3 Å². The van der Waals surface area contributed by atoms with E-state index >= 15 is 0 Å². The minimum Gasteiger partial charge on any atom is -0.447 e.